The maximum atomic E-state index is 13.5. The van der Waals surface area contributed by atoms with Gasteiger partial charge in [-0.15, -0.1) is 0 Å². The smallest absolute Gasteiger partial charge is 0.304 e. The van der Waals surface area contributed by atoms with E-state index >= 15 is 0 Å². The summed E-state index contributed by atoms with van der Waals surface area (Å²) in [5.41, 5.74) is 0.233. The number of nitrogens with one attached hydrogen (secondary N) is 1. The van der Waals surface area contributed by atoms with E-state index < -0.39 is 15.7 Å². The monoisotopic (exact) mass is 451 g/mol. The number of aromatic nitrogens is 1. The number of ether oxygens (including phenoxy) is 1. The molecular formula is C21H33N5O4S. The first kappa shape index (κ1) is 22.3. The molecule has 172 valence electrons. The number of hydrogen-bond donors (Lipinski definition) is 1. The molecule has 0 aromatic carbocycles. The van der Waals surface area contributed by atoms with Gasteiger partial charge < -0.3 is 15.0 Å². The molecule has 0 saturated carbocycles. The van der Waals surface area contributed by atoms with Crippen molar-refractivity contribution < 1.29 is 17.9 Å². The van der Waals surface area contributed by atoms with Gasteiger partial charge in [0.15, 0.2) is 0 Å². The third-order valence-electron chi connectivity index (χ3n) is 6.07. The average molecular weight is 452 g/mol. The minimum Gasteiger partial charge on any atom is -0.474 e. The van der Waals surface area contributed by atoms with Crippen LogP contribution in [0.3, 0.4) is 0 Å². The molecule has 2 fully saturated rings. The second kappa shape index (κ2) is 8.55. The van der Waals surface area contributed by atoms with E-state index in [0.29, 0.717) is 30.4 Å². The summed E-state index contributed by atoms with van der Waals surface area (Å²) < 4.78 is 35.5. The second-order valence-corrected chi connectivity index (χ2v) is 11.4. The summed E-state index contributed by atoms with van der Waals surface area (Å²) in [5.74, 6) is -0.0498. The largest absolute Gasteiger partial charge is 0.474 e. The van der Waals surface area contributed by atoms with Gasteiger partial charge in [-0.2, -0.15) is 12.7 Å². The van der Waals surface area contributed by atoms with E-state index in [-0.39, 0.29) is 24.9 Å². The van der Waals surface area contributed by atoms with Gasteiger partial charge >= 0.3 is 10.2 Å². The van der Waals surface area contributed by atoms with Crippen LogP contribution < -0.4 is 14.4 Å². The van der Waals surface area contributed by atoms with Crippen molar-refractivity contribution in [3.63, 3.8) is 0 Å². The van der Waals surface area contributed by atoms with Crippen molar-refractivity contribution in [2.75, 3.05) is 43.6 Å². The highest BCUT2D eigenvalue weighted by molar-refractivity contribution is 7.90. The lowest BCUT2D eigenvalue weighted by molar-refractivity contribution is 0.0919. The molecule has 1 amide bonds. The van der Waals surface area contributed by atoms with Crippen molar-refractivity contribution in [1.29, 1.82) is 0 Å². The summed E-state index contributed by atoms with van der Waals surface area (Å²) in [7, 11) is -3.73. The zero-order valence-corrected chi connectivity index (χ0v) is 19.4. The second-order valence-electron chi connectivity index (χ2n) is 9.55. The van der Waals surface area contributed by atoms with E-state index in [4.69, 9.17) is 4.74 Å². The van der Waals surface area contributed by atoms with Gasteiger partial charge in [-0.25, -0.2) is 9.29 Å². The number of likely N-dealkylation sites (tertiary alicyclic amines) is 1. The summed E-state index contributed by atoms with van der Waals surface area (Å²) in [6, 6.07) is 2.04. The summed E-state index contributed by atoms with van der Waals surface area (Å²) >= 11 is 0. The van der Waals surface area contributed by atoms with Gasteiger partial charge in [-0.3, -0.25) is 4.79 Å². The van der Waals surface area contributed by atoms with Crippen LogP contribution in [0, 0.1) is 0 Å². The van der Waals surface area contributed by atoms with Crippen LogP contribution >= 0.6 is 0 Å². The fourth-order valence-corrected chi connectivity index (χ4v) is 6.17. The third-order valence-corrected chi connectivity index (χ3v) is 8.02. The Labute approximate surface area is 184 Å². The fraction of sp³-hybridized carbons (Fsp3) is 0.714. The standard InChI is InChI=1S/C21H33N5O4S/c1-21(2,3)23-19(27)16-14-18-20(22-15-16)30-13-12-26(18)31(28,29)25-10-6-17(7-11-25)24-8-4-5-9-24/h14-15,17H,4-13H2,1-3H3,(H,23,27). The first-order valence-corrected chi connectivity index (χ1v) is 12.5. The molecule has 2 saturated heterocycles. The van der Waals surface area contributed by atoms with Crippen LogP contribution in [0.4, 0.5) is 5.69 Å². The zero-order valence-electron chi connectivity index (χ0n) is 18.6. The lowest BCUT2D eigenvalue weighted by atomic mass is 10.1. The highest BCUT2D eigenvalue weighted by Gasteiger charge is 2.38. The molecule has 3 aliphatic heterocycles. The number of anilines is 1. The van der Waals surface area contributed by atoms with E-state index in [0.717, 1.165) is 25.9 Å². The molecule has 3 aliphatic rings. The van der Waals surface area contributed by atoms with Gasteiger partial charge in [0.2, 0.25) is 5.88 Å². The Balaban J connectivity index is 1.52. The summed E-state index contributed by atoms with van der Waals surface area (Å²) in [4.78, 5) is 19.3. The molecule has 1 N–H and O–H groups in total. The quantitative estimate of drug-likeness (QED) is 0.747. The first-order valence-electron chi connectivity index (χ1n) is 11.1. The number of rotatable bonds is 4. The van der Waals surface area contributed by atoms with Crippen LogP contribution in [0.25, 0.3) is 0 Å². The lowest BCUT2D eigenvalue weighted by Gasteiger charge is -2.39. The van der Waals surface area contributed by atoms with Gasteiger partial charge in [0.1, 0.15) is 12.3 Å². The Bertz CT molecular complexity index is 916. The van der Waals surface area contributed by atoms with Crippen LogP contribution in [0.5, 0.6) is 5.88 Å². The summed E-state index contributed by atoms with van der Waals surface area (Å²) in [6.45, 7) is 9.37. The Morgan fingerprint density at radius 2 is 1.81 bits per heavy atom. The SMILES string of the molecule is CC(C)(C)NC(=O)c1cnc2c(c1)N(S(=O)(=O)N1CCC(N3CCCC3)CC1)CCO2. The molecule has 0 atom stereocenters. The van der Waals surface area contributed by atoms with Gasteiger partial charge in [-0.05, 0) is 65.6 Å². The van der Waals surface area contributed by atoms with E-state index in [2.05, 4.69) is 15.2 Å². The molecule has 10 heteroatoms. The molecule has 4 rings (SSSR count). The van der Waals surface area contributed by atoms with E-state index in [1.54, 1.807) is 10.4 Å². The first-order chi connectivity index (χ1) is 14.6. The predicted octanol–water partition coefficient (Wildman–Crippen LogP) is 1.61. The average Bonchev–Trinajstić information content (AvgIpc) is 3.26. The Kier molecular flexibility index (Phi) is 6.15. The van der Waals surface area contributed by atoms with Crippen LogP contribution in [-0.2, 0) is 10.2 Å². The zero-order chi connectivity index (χ0) is 22.2. The minimum absolute atomic E-state index is 0.202. The number of hydrogen-bond acceptors (Lipinski definition) is 6. The number of amides is 1. The molecule has 9 nitrogen and oxygen atoms in total. The maximum Gasteiger partial charge on any atom is 0.304 e. The molecule has 1 aromatic heterocycles. The van der Waals surface area contributed by atoms with Gasteiger partial charge in [0.25, 0.3) is 5.91 Å². The van der Waals surface area contributed by atoms with Crippen LogP contribution in [0.1, 0.15) is 56.8 Å². The molecule has 0 unspecified atom stereocenters. The summed E-state index contributed by atoms with van der Waals surface area (Å²) in [6.07, 6.45) is 5.60. The summed E-state index contributed by atoms with van der Waals surface area (Å²) in [5, 5.41) is 2.89. The Morgan fingerprint density at radius 3 is 2.45 bits per heavy atom. The van der Waals surface area contributed by atoms with E-state index in [9.17, 15) is 13.2 Å². The number of carbonyl (C=O) groups excluding carboxylic acids is 1. The van der Waals surface area contributed by atoms with Gasteiger partial charge in [-0.1, -0.05) is 0 Å². The number of nitrogens with zero attached hydrogens (tertiary/aromatic N) is 4. The molecule has 0 spiro atoms. The molecule has 31 heavy (non-hydrogen) atoms. The minimum atomic E-state index is -3.73. The number of fused-ring (bicyclic) bond motifs is 1. The lowest BCUT2D eigenvalue weighted by Crippen LogP contribution is -2.52. The van der Waals surface area contributed by atoms with E-state index in [1.165, 1.54) is 23.3 Å². The highest BCUT2D eigenvalue weighted by Crippen LogP contribution is 2.34. The molecular weight excluding hydrogens is 418 g/mol. The number of piperidine rings is 1. The predicted molar refractivity (Wildman–Crippen MR) is 119 cm³/mol. The van der Waals surface area contributed by atoms with Crippen molar-refractivity contribution in [3.8, 4) is 5.88 Å². The number of pyridine rings is 1. The number of carbonyl (C=O) groups is 1. The third kappa shape index (κ3) is 4.80. The molecule has 0 aliphatic carbocycles. The van der Waals surface area contributed by atoms with Crippen molar-refractivity contribution in [1.82, 2.24) is 19.5 Å². The van der Waals surface area contributed by atoms with Gasteiger partial charge in [0, 0.05) is 30.9 Å². The molecule has 4 heterocycles. The van der Waals surface area contributed by atoms with Crippen LogP contribution in [0.2, 0.25) is 0 Å². The van der Waals surface area contributed by atoms with Crippen molar-refractivity contribution in [3.05, 3.63) is 17.8 Å². The highest BCUT2D eigenvalue weighted by atomic mass is 32.2. The van der Waals surface area contributed by atoms with Crippen LogP contribution in [0.15, 0.2) is 12.3 Å². The van der Waals surface area contributed by atoms with Gasteiger partial charge in [0.05, 0.1) is 12.1 Å². The van der Waals surface area contributed by atoms with Crippen molar-refractivity contribution in [2.45, 2.75) is 58.0 Å². The maximum absolute atomic E-state index is 13.5. The van der Waals surface area contributed by atoms with Crippen LogP contribution in [-0.4, -0.2) is 79.4 Å². The molecule has 0 bridgehead atoms. The Hall–Kier alpha value is -1.91. The van der Waals surface area contributed by atoms with E-state index in [1.807, 2.05) is 20.8 Å². The molecule has 1 aromatic rings. The topological polar surface area (TPSA) is 95.1 Å². The molecule has 0 radical (unpaired) electrons. The normalized spacial score (nSPS) is 21.6. The Morgan fingerprint density at radius 1 is 1.13 bits per heavy atom. The fourth-order valence-electron chi connectivity index (χ4n) is 4.54. The van der Waals surface area contributed by atoms with Crippen molar-refractivity contribution >= 4 is 21.8 Å². The van der Waals surface area contributed by atoms with Crippen molar-refractivity contribution in [2.24, 2.45) is 0 Å².